The molecular weight excluding hydrogens is 548 g/mol. The van der Waals surface area contributed by atoms with Gasteiger partial charge in [0, 0.05) is 13.6 Å². The maximum Gasteiger partial charge on any atom is 0.336 e. The third-order valence-corrected chi connectivity index (χ3v) is 7.53. The van der Waals surface area contributed by atoms with Crippen molar-refractivity contribution in [2.75, 3.05) is 7.05 Å². The Hall–Kier alpha value is -5.44. The zero-order valence-corrected chi connectivity index (χ0v) is 23.4. The van der Waals surface area contributed by atoms with Crippen molar-refractivity contribution in [1.29, 1.82) is 0 Å². The van der Waals surface area contributed by atoms with Crippen LogP contribution in [0.5, 0.6) is 11.5 Å². The van der Waals surface area contributed by atoms with E-state index in [-0.39, 0.29) is 17.7 Å². The van der Waals surface area contributed by atoms with Gasteiger partial charge in [-0.2, -0.15) is 0 Å². The number of hydrogen-bond acceptors (Lipinski definition) is 5. The SMILES string of the molecule is CNC(=O)c1cc(C(=O)O)c(C(=O)N(Cc2cccc(Oc3ccccc3)c2)[C@H]2CCCc3ccccc32)cc1C(=O)O. The van der Waals surface area contributed by atoms with E-state index in [1.807, 2.05) is 72.8 Å². The van der Waals surface area contributed by atoms with E-state index in [1.54, 1.807) is 11.0 Å². The van der Waals surface area contributed by atoms with Crippen molar-refractivity contribution in [3.8, 4) is 11.5 Å². The predicted octanol–water partition coefficient (Wildman–Crippen LogP) is 5.95. The number of ether oxygens (including phenoxy) is 1. The first-order chi connectivity index (χ1) is 20.8. The van der Waals surface area contributed by atoms with Crippen molar-refractivity contribution in [3.05, 3.63) is 130 Å². The highest BCUT2D eigenvalue weighted by Gasteiger charge is 2.33. The Labute approximate surface area is 248 Å². The van der Waals surface area contributed by atoms with Crippen molar-refractivity contribution >= 4 is 23.8 Å². The summed E-state index contributed by atoms with van der Waals surface area (Å²) in [6.45, 7) is 0.0997. The molecule has 9 nitrogen and oxygen atoms in total. The van der Waals surface area contributed by atoms with Crippen LogP contribution in [0.3, 0.4) is 0 Å². The minimum absolute atomic E-state index is 0.0997. The fourth-order valence-corrected chi connectivity index (χ4v) is 5.51. The molecule has 218 valence electrons. The molecule has 4 aromatic carbocycles. The lowest BCUT2D eigenvalue weighted by atomic mass is 9.86. The maximum absolute atomic E-state index is 14.4. The molecule has 43 heavy (non-hydrogen) atoms. The summed E-state index contributed by atoms with van der Waals surface area (Å²) < 4.78 is 6.00. The summed E-state index contributed by atoms with van der Waals surface area (Å²) >= 11 is 0. The molecule has 0 saturated heterocycles. The van der Waals surface area contributed by atoms with Gasteiger partial charge in [-0.15, -0.1) is 0 Å². The van der Waals surface area contributed by atoms with Crippen LogP contribution < -0.4 is 10.1 Å². The summed E-state index contributed by atoms with van der Waals surface area (Å²) in [6.07, 6.45) is 2.29. The highest BCUT2D eigenvalue weighted by Crippen LogP contribution is 2.37. The molecule has 0 heterocycles. The second-order valence-electron chi connectivity index (χ2n) is 10.2. The Morgan fingerprint density at radius 3 is 2.16 bits per heavy atom. The lowest BCUT2D eigenvalue weighted by Crippen LogP contribution is -2.37. The predicted molar refractivity (Wildman–Crippen MR) is 159 cm³/mol. The summed E-state index contributed by atoms with van der Waals surface area (Å²) in [4.78, 5) is 53.0. The van der Waals surface area contributed by atoms with Gasteiger partial charge in [-0.05, 0) is 72.4 Å². The van der Waals surface area contributed by atoms with Crippen molar-refractivity contribution in [3.63, 3.8) is 0 Å². The van der Waals surface area contributed by atoms with Crippen LogP contribution in [0, 0.1) is 0 Å². The number of carboxylic acid groups (broad SMARTS) is 2. The number of aromatic carboxylic acids is 2. The summed E-state index contributed by atoms with van der Waals surface area (Å²) in [5.74, 6) is -3.11. The normalized spacial score (nSPS) is 13.8. The molecule has 0 radical (unpaired) electrons. The molecule has 0 aliphatic heterocycles. The molecule has 3 N–H and O–H groups in total. The van der Waals surface area contributed by atoms with Crippen LogP contribution in [0.25, 0.3) is 0 Å². The number of benzene rings is 4. The van der Waals surface area contributed by atoms with Gasteiger partial charge in [-0.3, -0.25) is 9.59 Å². The molecule has 0 aromatic heterocycles. The number of fused-ring (bicyclic) bond motifs is 1. The Morgan fingerprint density at radius 1 is 0.791 bits per heavy atom. The molecule has 0 bridgehead atoms. The van der Waals surface area contributed by atoms with E-state index >= 15 is 0 Å². The molecule has 4 aromatic rings. The Morgan fingerprint density at radius 2 is 1.44 bits per heavy atom. The average Bonchev–Trinajstić information content (AvgIpc) is 3.02. The summed E-state index contributed by atoms with van der Waals surface area (Å²) in [7, 11) is 1.31. The minimum atomic E-state index is -1.45. The van der Waals surface area contributed by atoms with Crippen molar-refractivity contribution < 1.29 is 34.1 Å². The molecule has 2 amide bonds. The number of para-hydroxylation sites is 1. The molecule has 9 heteroatoms. The van der Waals surface area contributed by atoms with E-state index in [1.165, 1.54) is 7.05 Å². The number of nitrogens with zero attached hydrogens (tertiary/aromatic N) is 1. The molecule has 0 fully saturated rings. The van der Waals surface area contributed by atoms with Gasteiger partial charge in [0.1, 0.15) is 11.5 Å². The fraction of sp³-hybridized carbons (Fsp3) is 0.176. The van der Waals surface area contributed by atoms with Gasteiger partial charge in [-0.25, -0.2) is 9.59 Å². The zero-order valence-electron chi connectivity index (χ0n) is 23.4. The number of carbonyl (C=O) groups excluding carboxylic acids is 2. The monoisotopic (exact) mass is 578 g/mol. The second-order valence-corrected chi connectivity index (χ2v) is 10.2. The Kier molecular flexibility index (Phi) is 8.52. The first kappa shape index (κ1) is 29.1. The molecule has 1 atom stereocenters. The van der Waals surface area contributed by atoms with Gasteiger partial charge in [0.05, 0.1) is 28.3 Å². The summed E-state index contributed by atoms with van der Waals surface area (Å²) in [5, 5.41) is 22.3. The van der Waals surface area contributed by atoms with Gasteiger partial charge < -0.3 is 25.2 Å². The van der Waals surface area contributed by atoms with Gasteiger partial charge in [0.25, 0.3) is 11.8 Å². The van der Waals surface area contributed by atoms with Crippen LogP contribution in [0.2, 0.25) is 0 Å². The number of carbonyl (C=O) groups is 4. The standard InChI is InChI=1S/C34H30N2O7/c1-35-31(37)26-18-29(34(41)42)27(19-28(26)33(39)40)32(38)36(30-16-8-11-22-10-5-6-15-25(22)30)20-21-9-7-14-24(17-21)43-23-12-3-2-4-13-23/h2-7,9-10,12-15,17-19,30H,8,11,16,20H2,1H3,(H,35,37)(H,39,40)(H,41,42)/t30-/m0/s1. The molecule has 0 unspecified atom stereocenters. The second kappa shape index (κ2) is 12.6. The molecule has 0 saturated carbocycles. The van der Waals surface area contributed by atoms with E-state index in [9.17, 15) is 29.4 Å². The van der Waals surface area contributed by atoms with Gasteiger partial charge in [0.15, 0.2) is 0 Å². The van der Waals surface area contributed by atoms with Crippen LogP contribution >= 0.6 is 0 Å². The first-order valence-electron chi connectivity index (χ1n) is 13.8. The van der Waals surface area contributed by atoms with Gasteiger partial charge in [0.2, 0.25) is 0 Å². The van der Waals surface area contributed by atoms with E-state index in [0.717, 1.165) is 41.7 Å². The van der Waals surface area contributed by atoms with E-state index in [2.05, 4.69) is 5.32 Å². The van der Waals surface area contributed by atoms with E-state index < -0.39 is 40.9 Å². The van der Waals surface area contributed by atoms with E-state index in [4.69, 9.17) is 4.74 Å². The van der Waals surface area contributed by atoms with Gasteiger partial charge in [-0.1, -0.05) is 54.6 Å². The zero-order chi connectivity index (χ0) is 30.5. The third kappa shape index (κ3) is 6.25. The number of aryl methyl sites for hydroxylation is 1. The maximum atomic E-state index is 14.4. The number of amides is 2. The lowest BCUT2D eigenvalue weighted by molar-refractivity contribution is 0.0614. The average molecular weight is 579 g/mol. The highest BCUT2D eigenvalue weighted by atomic mass is 16.5. The first-order valence-corrected chi connectivity index (χ1v) is 13.8. The minimum Gasteiger partial charge on any atom is -0.478 e. The van der Waals surface area contributed by atoms with E-state index in [0.29, 0.717) is 17.9 Å². The number of hydrogen-bond donors (Lipinski definition) is 3. The number of carboxylic acids is 2. The van der Waals surface area contributed by atoms with Crippen LogP contribution in [-0.4, -0.2) is 45.9 Å². The van der Waals surface area contributed by atoms with Crippen molar-refractivity contribution in [1.82, 2.24) is 10.2 Å². The highest BCUT2D eigenvalue weighted by molar-refractivity contribution is 6.11. The van der Waals surface area contributed by atoms with Crippen LogP contribution in [0.4, 0.5) is 0 Å². The van der Waals surface area contributed by atoms with Gasteiger partial charge >= 0.3 is 11.9 Å². The Bertz CT molecular complexity index is 1700. The van der Waals surface area contributed by atoms with Crippen molar-refractivity contribution in [2.24, 2.45) is 0 Å². The number of nitrogens with one attached hydrogen (secondary N) is 1. The summed E-state index contributed by atoms with van der Waals surface area (Å²) in [6, 6.07) is 25.9. The van der Waals surface area contributed by atoms with Crippen LogP contribution in [0.1, 0.15) is 77.0 Å². The molecule has 0 spiro atoms. The molecular formula is C34H30N2O7. The van der Waals surface area contributed by atoms with Crippen LogP contribution in [0.15, 0.2) is 91.0 Å². The summed E-state index contributed by atoms with van der Waals surface area (Å²) in [5.41, 5.74) is 1.22. The van der Waals surface area contributed by atoms with Crippen LogP contribution in [-0.2, 0) is 13.0 Å². The quantitative estimate of drug-likeness (QED) is 0.223. The Balaban J connectivity index is 1.61. The van der Waals surface area contributed by atoms with Crippen molar-refractivity contribution in [2.45, 2.75) is 31.8 Å². The molecule has 1 aliphatic carbocycles. The third-order valence-electron chi connectivity index (χ3n) is 7.53. The smallest absolute Gasteiger partial charge is 0.336 e. The number of rotatable bonds is 9. The topological polar surface area (TPSA) is 133 Å². The largest absolute Gasteiger partial charge is 0.478 e. The lowest BCUT2D eigenvalue weighted by Gasteiger charge is -2.36. The fourth-order valence-electron chi connectivity index (χ4n) is 5.51. The molecule has 1 aliphatic rings. The molecule has 5 rings (SSSR count).